The standard InChI is InChI=1S/C32H34N4O6/c37-31(35-12-8-33(9-13-35)19-23-4-6-27-29(16-23)41-21-39-27)25-2-1-3-26(18-25)32(38)36-14-10-34(11-15-36)20-24-5-7-28-30(17-24)42-22-40-28/h1-7,16-18H,8-15,19-22H2. The van der Waals surface area contributed by atoms with Gasteiger partial charge < -0.3 is 28.7 Å². The van der Waals surface area contributed by atoms with Gasteiger partial charge in [0.1, 0.15) is 0 Å². The molecule has 0 unspecified atom stereocenters. The van der Waals surface area contributed by atoms with Crippen molar-refractivity contribution in [3.05, 3.63) is 82.9 Å². The summed E-state index contributed by atoms with van der Waals surface area (Å²) in [5, 5.41) is 0. The molecule has 0 saturated carbocycles. The number of ether oxygens (including phenoxy) is 4. The number of carbonyl (C=O) groups excluding carboxylic acids is 2. The van der Waals surface area contributed by atoms with Crippen molar-refractivity contribution in [2.75, 3.05) is 65.9 Å². The van der Waals surface area contributed by atoms with E-state index in [-0.39, 0.29) is 25.4 Å². The molecule has 0 aliphatic carbocycles. The highest BCUT2D eigenvalue weighted by atomic mass is 16.7. The second kappa shape index (κ2) is 11.5. The van der Waals surface area contributed by atoms with Crippen LogP contribution in [0.25, 0.3) is 0 Å². The van der Waals surface area contributed by atoms with Crippen LogP contribution in [0.3, 0.4) is 0 Å². The molecule has 0 radical (unpaired) electrons. The van der Waals surface area contributed by atoms with E-state index in [0.29, 0.717) is 37.3 Å². The van der Waals surface area contributed by atoms with Crippen molar-refractivity contribution in [2.24, 2.45) is 0 Å². The largest absolute Gasteiger partial charge is 0.454 e. The minimum absolute atomic E-state index is 0.0269. The number of benzene rings is 3. The number of fused-ring (bicyclic) bond motifs is 2. The van der Waals surface area contributed by atoms with Crippen molar-refractivity contribution < 1.29 is 28.5 Å². The molecule has 3 aromatic carbocycles. The van der Waals surface area contributed by atoms with Gasteiger partial charge in [0.05, 0.1) is 0 Å². The second-order valence-corrected chi connectivity index (χ2v) is 11.1. The number of amides is 2. The van der Waals surface area contributed by atoms with E-state index < -0.39 is 0 Å². The number of rotatable bonds is 6. The molecule has 4 heterocycles. The van der Waals surface area contributed by atoms with Gasteiger partial charge in [-0.1, -0.05) is 18.2 Å². The molecular formula is C32H34N4O6. The number of hydrogen-bond acceptors (Lipinski definition) is 8. The zero-order chi connectivity index (χ0) is 28.5. The summed E-state index contributed by atoms with van der Waals surface area (Å²) in [6.45, 7) is 7.87. The monoisotopic (exact) mass is 570 g/mol. The van der Waals surface area contributed by atoms with Crippen molar-refractivity contribution in [3.63, 3.8) is 0 Å². The molecule has 42 heavy (non-hydrogen) atoms. The molecule has 218 valence electrons. The lowest BCUT2D eigenvalue weighted by molar-refractivity contribution is 0.0626. The zero-order valence-corrected chi connectivity index (χ0v) is 23.5. The first-order chi connectivity index (χ1) is 20.6. The lowest BCUT2D eigenvalue weighted by atomic mass is 10.1. The summed E-state index contributed by atoms with van der Waals surface area (Å²) < 4.78 is 21.8. The van der Waals surface area contributed by atoms with Crippen LogP contribution in [0.15, 0.2) is 60.7 Å². The maximum Gasteiger partial charge on any atom is 0.253 e. The first-order valence-corrected chi connectivity index (χ1v) is 14.5. The Kier molecular flexibility index (Phi) is 7.31. The molecule has 2 amide bonds. The average Bonchev–Trinajstić information content (AvgIpc) is 3.70. The van der Waals surface area contributed by atoms with Crippen LogP contribution in [-0.2, 0) is 13.1 Å². The number of nitrogens with zero attached hydrogens (tertiary/aromatic N) is 4. The molecule has 0 atom stereocenters. The minimum atomic E-state index is -0.0269. The fourth-order valence-corrected chi connectivity index (χ4v) is 5.96. The topological polar surface area (TPSA) is 84.0 Å². The van der Waals surface area contributed by atoms with Gasteiger partial charge in [-0.15, -0.1) is 0 Å². The number of piperazine rings is 2. The maximum atomic E-state index is 13.4. The number of hydrogen-bond donors (Lipinski definition) is 0. The highest BCUT2D eigenvalue weighted by Gasteiger charge is 2.26. The van der Waals surface area contributed by atoms with E-state index in [9.17, 15) is 9.59 Å². The van der Waals surface area contributed by atoms with Gasteiger partial charge >= 0.3 is 0 Å². The molecule has 4 aliphatic heterocycles. The summed E-state index contributed by atoms with van der Waals surface area (Å²) in [6.07, 6.45) is 0. The predicted molar refractivity (Wildman–Crippen MR) is 154 cm³/mol. The summed E-state index contributed by atoms with van der Waals surface area (Å²) in [6, 6.07) is 19.3. The van der Waals surface area contributed by atoms with Crippen LogP contribution in [-0.4, -0.2) is 97.4 Å². The normalized spacial score (nSPS) is 18.4. The first-order valence-electron chi connectivity index (χ1n) is 14.5. The Morgan fingerprint density at radius 1 is 0.524 bits per heavy atom. The number of carbonyl (C=O) groups is 2. The highest BCUT2D eigenvalue weighted by Crippen LogP contribution is 2.34. The Morgan fingerprint density at radius 2 is 0.952 bits per heavy atom. The van der Waals surface area contributed by atoms with Crippen LogP contribution in [0.1, 0.15) is 31.8 Å². The second-order valence-electron chi connectivity index (χ2n) is 11.1. The molecule has 7 rings (SSSR count). The summed E-state index contributed by atoms with van der Waals surface area (Å²) >= 11 is 0. The molecule has 3 aromatic rings. The van der Waals surface area contributed by atoms with Gasteiger partial charge in [0, 0.05) is 76.6 Å². The first kappa shape index (κ1) is 26.6. The smallest absolute Gasteiger partial charge is 0.253 e. The molecule has 0 spiro atoms. The summed E-state index contributed by atoms with van der Waals surface area (Å²) in [7, 11) is 0. The Morgan fingerprint density at radius 3 is 1.40 bits per heavy atom. The van der Waals surface area contributed by atoms with Gasteiger partial charge in [0.25, 0.3) is 11.8 Å². The SMILES string of the molecule is O=C(c1cccc(C(=O)N2CCN(Cc3ccc4c(c3)OCO4)CC2)c1)N1CCN(Cc2ccc3c(c2)OCO3)CC1. The predicted octanol–water partition coefficient (Wildman–Crippen LogP) is 3.06. The van der Waals surface area contributed by atoms with Crippen LogP contribution in [0.2, 0.25) is 0 Å². The molecule has 0 bridgehead atoms. The minimum Gasteiger partial charge on any atom is -0.454 e. The Balaban J connectivity index is 0.906. The van der Waals surface area contributed by atoms with Gasteiger partial charge in [0.15, 0.2) is 23.0 Å². The molecule has 0 aromatic heterocycles. The van der Waals surface area contributed by atoms with Crippen LogP contribution in [0, 0.1) is 0 Å². The fraction of sp³-hybridized carbons (Fsp3) is 0.375. The summed E-state index contributed by atoms with van der Waals surface area (Å²) in [4.78, 5) is 35.2. The molecule has 2 saturated heterocycles. The Hall–Kier alpha value is -4.28. The van der Waals surface area contributed by atoms with Crippen molar-refractivity contribution in [1.82, 2.24) is 19.6 Å². The van der Waals surface area contributed by atoms with Gasteiger partial charge in [-0.2, -0.15) is 0 Å². The third-order valence-corrected chi connectivity index (χ3v) is 8.36. The average molecular weight is 571 g/mol. The van der Waals surface area contributed by atoms with Crippen LogP contribution >= 0.6 is 0 Å². The van der Waals surface area contributed by atoms with E-state index in [1.165, 1.54) is 11.1 Å². The Bertz CT molecular complexity index is 1370. The summed E-state index contributed by atoms with van der Waals surface area (Å²) in [5.41, 5.74) is 3.45. The third-order valence-electron chi connectivity index (χ3n) is 8.36. The van der Waals surface area contributed by atoms with Crippen molar-refractivity contribution in [3.8, 4) is 23.0 Å². The van der Waals surface area contributed by atoms with Crippen molar-refractivity contribution in [2.45, 2.75) is 13.1 Å². The van der Waals surface area contributed by atoms with E-state index in [0.717, 1.165) is 62.3 Å². The van der Waals surface area contributed by atoms with Gasteiger partial charge in [-0.05, 0) is 53.6 Å². The van der Waals surface area contributed by atoms with E-state index in [1.807, 2.05) is 40.1 Å². The van der Waals surface area contributed by atoms with Gasteiger partial charge in [-0.25, -0.2) is 0 Å². The zero-order valence-electron chi connectivity index (χ0n) is 23.5. The van der Waals surface area contributed by atoms with Crippen LogP contribution in [0.4, 0.5) is 0 Å². The quantitative estimate of drug-likeness (QED) is 0.447. The molecule has 10 heteroatoms. The molecule has 10 nitrogen and oxygen atoms in total. The molecular weight excluding hydrogens is 536 g/mol. The van der Waals surface area contributed by atoms with E-state index in [2.05, 4.69) is 21.9 Å². The van der Waals surface area contributed by atoms with Gasteiger partial charge in [0.2, 0.25) is 13.6 Å². The molecule has 4 aliphatic rings. The summed E-state index contributed by atoms with van der Waals surface area (Å²) in [5.74, 6) is 3.10. The van der Waals surface area contributed by atoms with Crippen LogP contribution < -0.4 is 18.9 Å². The van der Waals surface area contributed by atoms with Gasteiger partial charge in [-0.3, -0.25) is 19.4 Å². The maximum absolute atomic E-state index is 13.4. The lowest BCUT2D eigenvalue weighted by Gasteiger charge is -2.35. The van der Waals surface area contributed by atoms with E-state index in [4.69, 9.17) is 18.9 Å². The highest BCUT2D eigenvalue weighted by molar-refractivity contribution is 5.99. The molecule has 2 fully saturated rings. The Labute approximate surface area is 244 Å². The van der Waals surface area contributed by atoms with E-state index in [1.54, 1.807) is 18.2 Å². The lowest BCUT2D eigenvalue weighted by Crippen LogP contribution is -2.48. The third kappa shape index (κ3) is 5.60. The molecule has 0 N–H and O–H groups in total. The van der Waals surface area contributed by atoms with Crippen LogP contribution in [0.5, 0.6) is 23.0 Å². The van der Waals surface area contributed by atoms with E-state index >= 15 is 0 Å². The van der Waals surface area contributed by atoms with Crippen molar-refractivity contribution >= 4 is 11.8 Å². The van der Waals surface area contributed by atoms with Crippen molar-refractivity contribution in [1.29, 1.82) is 0 Å². The fourth-order valence-electron chi connectivity index (χ4n) is 5.96.